The minimum absolute atomic E-state index is 0. The summed E-state index contributed by atoms with van der Waals surface area (Å²) in [6.45, 7) is 0. The van der Waals surface area contributed by atoms with Crippen LogP contribution in [0.4, 0.5) is 0 Å². The predicted octanol–water partition coefficient (Wildman–Crippen LogP) is 1.11. The number of rotatable bonds is 3. The second kappa shape index (κ2) is 7.08. The Kier molecular flexibility index (Phi) is 5.16. The summed E-state index contributed by atoms with van der Waals surface area (Å²) in [6, 6.07) is 32.9. The molecular formula is C18H18GeO. The molecule has 0 aromatic heterocycles. The molecule has 0 fully saturated rings. The van der Waals surface area contributed by atoms with Gasteiger partial charge in [0.1, 0.15) is 0 Å². The van der Waals surface area contributed by atoms with Gasteiger partial charge in [-0.2, -0.15) is 0 Å². The van der Waals surface area contributed by atoms with Crippen molar-refractivity contribution in [3.63, 3.8) is 0 Å². The van der Waals surface area contributed by atoms with Gasteiger partial charge < -0.3 is 5.48 Å². The summed E-state index contributed by atoms with van der Waals surface area (Å²) in [5.41, 5.74) is 0. The van der Waals surface area contributed by atoms with E-state index in [-0.39, 0.29) is 5.48 Å². The summed E-state index contributed by atoms with van der Waals surface area (Å²) >= 11 is -1.87. The second-order valence-corrected chi connectivity index (χ2v) is 10.7. The second-order valence-electron chi connectivity index (χ2n) is 4.67. The third-order valence-corrected chi connectivity index (χ3v) is 10.0. The van der Waals surface area contributed by atoms with Crippen LogP contribution in [0.15, 0.2) is 91.0 Å². The summed E-state index contributed by atoms with van der Waals surface area (Å²) in [7, 11) is 0. The van der Waals surface area contributed by atoms with Crippen LogP contribution in [-0.2, 0) is 0 Å². The van der Waals surface area contributed by atoms with E-state index >= 15 is 0 Å². The van der Waals surface area contributed by atoms with Crippen LogP contribution in [0.25, 0.3) is 0 Å². The van der Waals surface area contributed by atoms with Gasteiger partial charge in [0, 0.05) is 0 Å². The first-order valence-corrected chi connectivity index (χ1v) is 10.2. The average molecular weight is 323 g/mol. The Labute approximate surface area is 124 Å². The van der Waals surface area contributed by atoms with Crippen LogP contribution < -0.4 is 13.2 Å². The number of benzene rings is 3. The SMILES string of the molecule is O.c1cc[c]([GeH]([c]2ccccc2)[c]2ccccc2)cc1. The van der Waals surface area contributed by atoms with Crippen molar-refractivity contribution < 1.29 is 5.48 Å². The van der Waals surface area contributed by atoms with E-state index in [1.54, 1.807) is 0 Å². The normalized spacial score (nSPS) is 10.1. The molecule has 3 rings (SSSR count). The molecule has 0 aliphatic rings. The van der Waals surface area contributed by atoms with Gasteiger partial charge in [0.25, 0.3) is 0 Å². The van der Waals surface area contributed by atoms with Crippen molar-refractivity contribution in [3.8, 4) is 0 Å². The van der Waals surface area contributed by atoms with E-state index in [0.29, 0.717) is 0 Å². The first kappa shape index (κ1) is 14.6. The molecule has 0 saturated heterocycles. The van der Waals surface area contributed by atoms with Crippen molar-refractivity contribution in [2.24, 2.45) is 0 Å². The zero-order chi connectivity index (χ0) is 12.9. The fourth-order valence-electron chi connectivity index (χ4n) is 2.51. The Balaban J connectivity index is 0.00000147. The van der Waals surface area contributed by atoms with Gasteiger partial charge in [0.15, 0.2) is 0 Å². The van der Waals surface area contributed by atoms with Crippen LogP contribution in [0.3, 0.4) is 0 Å². The molecular weight excluding hydrogens is 305 g/mol. The van der Waals surface area contributed by atoms with Crippen LogP contribution in [0, 0.1) is 0 Å². The van der Waals surface area contributed by atoms with Crippen molar-refractivity contribution in [2.75, 3.05) is 0 Å². The van der Waals surface area contributed by atoms with Gasteiger partial charge in [-0.25, -0.2) is 0 Å². The first-order chi connectivity index (χ1) is 9.45. The molecule has 1 nitrogen and oxygen atoms in total. The zero-order valence-electron chi connectivity index (χ0n) is 11.2. The third kappa shape index (κ3) is 3.18. The van der Waals surface area contributed by atoms with E-state index in [9.17, 15) is 0 Å². The van der Waals surface area contributed by atoms with Gasteiger partial charge in [-0.15, -0.1) is 0 Å². The fraction of sp³-hybridized carbons (Fsp3) is 0. The van der Waals surface area contributed by atoms with E-state index in [0.717, 1.165) is 0 Å². The molecule has 0 heterocycles. The van der Waals surface area contributed by atoms with Crippen molar-refractivity contribution in [1.29, 1.82) is 0 Å². The van der Waals surface area contributed by atoms with E-state index in [1.165, 1.54) is 13.2 Å². The summed E-state index contributed by atoms with van der Waals surface area (Å²) in [6.07, 6.45) is 0. The van der Waals surface area contributed by atoms with Crippen molar-refractivity contribution >= 4 is 27.5 Å². The van der Waals surface area contributed by atoms with Crippen LogP contribution in [-0.4, -0.2) is 19.8 Å². The van der Waals surface area contributed by atoms with Gasteiger partial charge in [0.2, 0.25) is 0 Å². The molecule has 0 saturated carbocycles. The molecule has 0 aliphatic carbocycles. The molecule has 2 N–H and O–H groups in total. The molecule has 0 unspecified atom stereocenters. The van der Waals surface area contributed by atoms with E-state index < -0.39 is 14.3 Å². The quantitative estimate of drug-likeness (QED) is 0.647. The van der Waals surface area contributed by atoms with Gasteiger partial charge in [0.05, 0.1) is 0 Å². The van der Waals surface area contributed by atoms with Crippen LogP contribution in [0.1, 0.15) is 0 Å². The van der Waals surface area contributed by atoms with E-state index in [4.69, 9.17) is 0 Å². The average Bonchev–Trinajstić information content (AvgIpc) is 2.51. The molecule has 3 aromatic rings. The predicted molar refractivity (Wildman–Crippen MR) is 89.0 cm³/mol. The van der Waals surface area contributed by atoms with Crippen molar-refractivity contribution in [1.82, 2.24) is 0 Å². The van der Waals surface area contributed by atoms with Gasteiger partial charge in [-0.1, -0.05) is 0 Å². The molecule has 0 aliphatic heterocycles. The summed E-state index contributed by atoms with van der Waals surface area (Å²) < 4.78 is 4.56. The molecule has 20 heavy (non-hydrogen) atoms. The number of hydrogen-bond acceptors (Lipinski definition) is 0. The molecule has 100 valence electrons. The van der Waals surface area contributed by atoms with Gasteiger partial charge in [-0.05, 0) is 0 Å². The summed E-state index contributed by atoms with van der Waals surface area (Å²) in [5, 5.41) is 0. The fourth-order valence-corrected chi connectivity index (χ4v) is 8.76. The Morgan fingerprint density at radius 1 is 0.400 bits per heavy atom. The van der Waals surface area contributed by atoms with Crippen LogP contribution in [0.5, 0.6) is 0 Å². The minimum atomic E-state index is -1.87. The standard InChI is InChI=1S/C18H16Ge.H2O/c1-4-10-16(11-5-1)19(17-12-6-2-7-13-17)18-14-8-3-9-15-18;/h1-15,19H;1H2. The van der Waals surface area contributed by atoms with E-state index in [1.807, 2.05) is 0 Å². The molecule has 0 bridgehead atoms. The molecule has 2 heteroatoms. The maximum absolute atomic E-state index is 2.28. The molecule has 3 aromatic carbocycles. The monoisotopic (exact) mass is 324 g/mol. The molecule has 0 amide bonds. The van der Waals surface area contributed by atoms with Crippen molar-refractivity contribution in [3.05, 3.63) is 91.0 Å². The summed E-state index contributed by atoms with van der Waals surface area (Å²) in [5.74, 6) is 0. The third-order valence-electron chi connectivity index (χ3n) is 3.40. The zero-order valence-corrected chi connectivity index (χ0v) is 13.7. The first-order valence-electron chi connectivity index (χ1n) is 6.60. The topological polar surface area (TPSA) is 31.5 Å². The van der Waals surface area contributed by atoms with Crippen LogP contribution in [0.2, 0.25) is 0 Å². The number of hydrogen-bond donors (Lipinski definition) is 0. The molecule has 0 spiro atoms. The summed E-state index contributed by atoms with van der Waals surface area (Å²) in [4.78, 5) is 0. The van der Waals surface area contributed by atoms with Crippen molar-refractivity contribution in [2.45, 2.75) is 0 Å². The Bertz CT molecular complexity index is 529. The Morgan fingerprint density at radius 3 is 0.900 bits per heavy atom. The van der Waals surface area contributed by atoms with E-state index in [2.05, 4.69) is 91.0 Å². The Hall–Kier alpha value is -1.84. The molecule has 0 atom stereocenters. The van der Waals surface area contributed by atoms with Crippen LogP contribution >= 0.6 is 0 Å². The maximum atomic E-state index is 2.28. The van der Waals surface area contributed by atoms with Gasteiger partial charge >= 0.3 is 119 Å². The molecule has 0 radical (unpaired) electrons. The Morgan fingerprint density at radius 2 is 0.650 bits per heavy atom. The van der Waals surface area contributed by atoms with Gasteiger partial charge in [-0.3, -0.25) is 0 Å².